The van der Waals surface area contributed by atoms with Crippen LogP contribution in [0.15, 0.2) is 97.1 Å². The Hall–Kier alpha value is -4.40. The predicted octanol–water partition coefficient (Wildman–Crippen LogP) is 9.82. The van der Waals surface area contributed by atoms with E-state index in [9.17, 15) is 0 Å². The third kappa shape index (κ3) is 6.27. The van der Waals surface area contributed by atoms with Crippen molar-refractivity contribution in [1.82, 2.24) is 28.9 Å². The molecule has 10 rings (SSSR count). The van der Waals surface area contributed by atoms with Gasteiger partial charge >= 0.3 is 0 Å². The van der Waals surface area contributed by atoms with Crippen LogP contribution in [0.25, 0.3) is 65.7 Å². The van der Waals surface area contributed by atoms with Crippen molar-refractivity contribution < 1.29 is 0 Å². The lowest BCUT2D eigenvalue weighted by Crippen LogP contribution is -2.45. The molecule has 0 amide bonds. The standard InChI is InChI=1S/C26H31N5.C18H14Cl2N2/c1-28-16-18-29(19-17-28)12-6-13-30-14-7-15-31-23-11-5-3-9-21(23)24-26(31)25(30)20-8-2-4-10-22(20)27-24;19-10-5-11-22-15-9-4-2-7-13(15)17-18(22)16(20)12-6-1-3-8-14(12)21-17/h2-5,8-11H,6-7,12-19H2,1H3;1-4,6-9H,5,10-11H2. The fourth-order valence-electron chi connectivity index (χ4n) is 8.60. The number of piperazine rings is 1. The second-order valence-corrected chi connectivity index (χ2v) is 15.3. The number of anilines is 1. The van der Waals surface area contributed by atoms with Crippen LogP contribution in [0.4, 0.5) is 5.69 Å². The minimum absolute atomic E-state index is 0.632. The number of para-hydroxylation sites is 4. The predicted molar refractivity (Wildman–Crippen MR) is 225 cm³/mol. The zero-order chi connectivity index (χ0) is 35.9. The van der Waals surface area contributed by atoms with E-state index in [-0.39, 0.29) is 0 Å². The van der Waals surface area contributed by atoms with Crippen LogP contribution in [0, 0.1) is 0 Å². The average Bonchev–Trinajstić information content (AvgIpc) is 3.60. The number of halogens is 2. The van der Waals surface area contributed by atoms with Crippen LogP contribution in [-0.4, -0.2) is 87.6 Å². The molecular formula is C44H45Cl2N7. The number of hydrogen-bond acceptors (Lipinski definition) is 5. The van der Waals surface area contributed by atoms with Gasteiger partial charge in [-0.05, 0) is 57.1 Å². The quantitative estimate of drug-likeness (QED) is 0.152. The van der Waals surface area contributed by atoms with Crippen LogP contribution in [0.5, 0.6) is 0 Å². The summed E-state index contributed by atoms with van der Waals surface area (Å²) in [5.74, 6) is 0.632. The maximum absolute atomic E-state index is 6.74. The Kier molecular flexibility index (Phi) is 9.59. The first-order valence-electron chi connectivity index (χ1n) is 19.1. The number of hydrogen-bond donors (Lipinski definition) is 0. The third-order valence-corrected chi connectivity index (χ3v) is 11.9. The highest BCUT2D eigenvalue weighted by Crippen LogP contribution is 2.41. The van der Waals surface area contributed by atoms with Crippen molar-refractivity contribution in [3.8, 4) is 0 Å². The van der Waals surface area contributed by atoms with Gasteiger partial charge < -0.3 is 23.8 Å². The number of alkyl halides is 1. The molecule has 2 aliphatic heterocycles. The second kappa shape index (κ2) is 14.8. The summed E-state index contributed by atoms with van der Waals surface area (Å²) in [5, 5.41) is 5.47. The molecular weight excluding hydrogens is 697 g/mol. The molecule has 8 aromatic rings. The van der Waals surface area contributed by atoms with E-state index in [4.69, 9.17) is 33.2 Å². The highest BCUT2D eigenvalue weighted by atomic mass is 35.5. The number of nitrogens with zero attached hydrogens (tertiary/aromatic N) is 7. The number of benzene rings is 4. The maximum atomic E-state index is 6.74. The van der Waals surface area contributed by atoms with Gasteiger partial charge in [-0.25, -0.2) is 9.97 Å². The summed E-state index contributed by atoms with van der Waals surface area (Å²) >= 11 is 12.6. The summed E-state index contributed by atoms with van der Waals surface area (Å²) in [6.45, 7) is 10.1. The normalized spacial score (nSPS) is 15.6. The maximum Gasteiger partial charge on any atom is 0.0988 e. The van der Waals surface area contributed by atoms with Crippen LogP contribution in [-0.2, 0) is 13.1 Å². The van der Waals surface area contributed by atoms with Crippen molar-refractivity contribution in [2.45, 2.75) is 32.4 Å². The Balaban J connectivity index is 0.000000149. The van der Waals surface area contributed by atoms with E-state index >= 15 is 0 Å². The number of aryl methyl sites for hydroxylation is 2. The van der Waals surface area contributed by atoms with Gasteiger partial charge in [0.25, 0.3) is 0 Å². The molecule has 0 saturated carbocycles. The van der Waals surface area contributed by atoms with Crippen molar-refractivity contribution in [3.05, 3.63) is 102 Å². The smallest absolute Gasteiger partial charge is 0.0988 e. The topological polar surface area (TPSA) is 45.4 Å². The Morgan fingerprint density at radius 1 is 0.585 bits per heavy atom. The summed E-state index contributed by atoms with van der Waals surface area (Å²) in [6, 6.07) is 33.8. The number of fused-ring (bicyclic) bond motifs is 9. The molecule has 9 heteroatoms. The molecule has 7 nitrogen and oxygen atoms in total. The Bertz CT molecular complexity index is 2580. The summed E-state index contributed by atoms with van der Waals surface area (Å²) in [4.78, 5) is 17.7. The van der Waals surface area contributed by atoms with Gasteiger partial charge in [-0.1, -0.05) is 84.4 Å². The first-order chi connectivity index (χ1) is 26.1. The van der Waals surface area contributed by atoms with E-state index in [0.29, 0.717) is 5.88 Å². The Morgan fingerprint density at radius 2 is 1.19 bits per heavy atom. The summed E-state index contributed by atoms with van der Waals surface area (Å²) in [5.41, 5.74) is 10.4. The van der Waals surface area contributed by atoms with Crippen molar-refractivity contribution >= 4 is 94.6 Å². The molecule has 2 aliphatic rings. The Labute approximate surface area is 320 Å². The molecule has 0 bridgehead atoms. The highest BCUT2D eigenvalue weighted by molar-refractivity contribution is 6.41. The van der Waals surface area contributed by atoms with E-state index in [0.717, 1.165) is 81.5 Å². The first-order valence-corrected chi connectivity index (χ1v) is 20.0. The molecule has 6 heterocycles. The molecule has 0 atom stereocenters. The molecule has 0 unspecified atom stereocenters. The molecule has 1 saturated heterocycles. The summed E-state index contributed by atoms with van der Waals surface area (Å²) in [6.07, 6.45) is 3.28. The molecule has 0 radical (unpaired) electrons. The van der Waals surface area contributed by atoms with Crippen LogP contribution in [0.2, 0.25) is 5.02 Å². The lowest BCUT2D eigenvalue weighted by atomic mass is 10.1. The minimum Gasteiger partial charge on any atom is -0.369 e. The van der Waals surface area contributed by atoms with Gasteiger partial charge in [0.05, 0.1) is 54.8 Å². The van der Waals surface area contributed by atoms with Gasteiger partial charge in [0.15, 0.2) is 0 Å². The van der Waals surface area contributed by atoms with Crippen LogP contribution in [0.1, 0.15) is 19.3 Å². The van der Waals surface area contributed by atoms with Gasteiger partial charge in [-0.15, -0.1) is 11.6 Å². The second-order valence-electron chi connectivity index (χ2n) is 14.5. The molecule has 4 aromatic carbocycles. The van der Waals surface area contributed by atoms with Gasteiger partial charge in [-0.2, -0.15) is 0 Å². The van der Waals surface area contributed by atoms with Crippen LogP contribution < -0.4 is 4.90 Å². The third-order valence-electron chi connectivity index (χ3n) is 11.2. The van der Waals surface area contributed by atoms with E-state index in [1.54, 1.807) is 0 Å². The van der Waals surface area contributed by atoms with E-state index in [1.807, 2.05) is 36.4 Å². The minimum atomic E-state index is 0.632. The van der Waals surface area contributed by atoms with Crippen LogP contribution >= 0.6 is 23.2 Å². The first kappa shape index (κ1) is 34.4. The highest BCUT2D eigenvalue weighted by Gasteiger charge is 2.25. The lowest BCUT2D eigenvalue weighted by molar-refractivity contribution is 0.153. The molecule has 0 spiro atoms. The fraction of sp³-hybridized carbons (Fsp3) is 0.318. The average molecular weight is 743 g/mol. The number of likely N-dealkylation sites (N-methyl/N-ethyl adjacent to an activating group) is 1. The summed E-state index contributed by atoms with van der Waals surface area (Å²) < 4.78 is 4.77. The Morgan fingerprint density at radius 3 is 1.92 bits per heavy atom. The lowest BCUT2D eigenvalue weighted by Gasteiger charge is -2.33. The number of pyridine rings is 2. The zero-order valence-corrected chi connectivity index (χ0v) is 31.8. The summed E-state index contributed by atoms with van der Waals surface area (Å²) in [7, 11) is 2.23. The molecule has 270 valence electrons. The molecule has 4 aromatic heterocycles. The molecule has 53 heavy (non-hydrogen) atoms. The van der Waals surface area contributed by atoms with E-state index in [1.165, 1.54) is 73.1 Å². The van der Waals surface area contributed by atoms with E-state index in [2.05, 4.69) is 91.5 Å². The number of aromatic nitrogens is 4. The van der Waals surface area contributed by atoms with Gasteiger partial charge in [-0.3, -0.25) is 0 Å². The number of rotatable bonds is 7. The molecule has 1 fully saturated rings. The van der Waals surface area contributed by atoms with Gasteiger partial charge in [0.2, 0.25) is 0 Å². The van der Waals surface area contributed by atoms with E-state index < -0.39 is 0 Å². The van der Waals surface area contributed by atoms with Crippen molar-refractivity contribution in [1.29, 1.82) is 0 Å². The van der Waals surface area contributed by atoms with Crippen molar-refractivity contribution in [2.75, 3.05) is 63.6 Å². The molecule has 0 aliphatic carbocycles. The van der Waals surface area contributed by atoms with Crippen LogP contribution in [0.3, 0.4) is 0 Å². The van der Waals surface area contributed by atoms with Gasteiger partial charge in [0.1, 0.15) is 0 Å². The fourth-order valence-corrected chi connectivity index (χ4v) is 9.07. The van der Waals surface area contributed by atoms with Crippen molar-refractivity contribution in [2.24, 2.45) is 0 Å². The SMILES string of the molecule is CN1CCN(CCCN2CCCn3c4ccccc4c4nc5ccccc5c2c43)CC1.ClCCCn1c2ccccc2c2nc3ccccc3c(Cl)c21. The van der Waals surface area contributed by atoms with Gasteiger partial charge in [0, 0.05) is 79.8 Å². The monoisotopic (exact) mass is 741 g/mol. The molecule has 0 N–H and O–H groups in total. The largest absolute Gasteiger partial charge is 0.369 e. The zero-order valence-electron chi connectivity index (χ0n) is 30.3. The van der Waals surface area contributed by atoms with Crippen molar-refractivity contribution in [3.63, 3.8) is 0 Å².